The Morgan fingerprint density at radius 2 is 2.05 bits per heavy atom. The minimum atomic E-state index is -0.868. The molecule has 1 aliphatic carbocycles. The summed E-state index contributed by atoms with van der Waals surface area (Å²) in [6, 6.07) is 3.54. The van der Waals surface area contributed by atoms with Crippen molar-refractivity contribution in [3.8, 4) is 0 Å². The molecule has 0 bridgehead atoms. The van der Waals surface area contributed by atoms with Crippen molar-refractivity contribution >= 4 is 12.0 Å². The van der Waals surface area contributed by atoms with Crippen LogP contribution in [-0.2, 0) is 11.3 Å². The molecule has 1 aliphatic rings. The van der Waals surface area contributed by atoms with Crippen molar-refractivity contribution in [3.63, 3.8) is 0 Å². The third-order valence-electron chi connectivity index (χ3n) is 3.96. The number of carboxylic acids is 1. The molecular weight excluding hydrogens is 270 g/mol. The summed E-state index contributed by atoms with van der Waals surface area (Å²) in [5.41, 5.74) is 0.442. The van der Waals surface area contributed by atoms with Crippen molar-refractivity contribution in [1.29, 1.82) is 0 Å². The van der Waals surface area contributed by atoms with Gasteiger partial charge in [-0.3, -0.25) is 9.78 Å². The summed E-state index contributed by atoms with van der Waals surface area (Å²) in [7, 11) is 0. The highest BCUT2D eigenvalue weighted by Crippen LogP contribution is 2.35. The number of hydrogen-bond donors (Lipinski definition) is 2. The van der Waals surface area contributed by atoms with Crippen molar-refractivity contribution < 1.29 is 14.7 Å². The highest BCUT2D eigenvalue weighted by molar-refractivity contribution is 5.77. The van der Waals surface area contributed by atoms with E-state index in [9.17, 15) is 9.59 Å². The number of amides is 2. The van der Waals surface area contributed by atoms with Gasteiger partial charge in [-0.25, -0.2) is 4.79 Å². The van der Waals surface area contributed by atoms with Gasteiger partial charge in [-0.15, -0.1) is 0 Å². The van der Waals surface area contributed by atoms with Gasteiger partial charge in [0.15, 0.2) is 0 Å². The van der Waals surface area contributed by atoms with Crippen LogP contribution in [0.1, 0.15) is 38.2 Å². The van der Waals surface area contributed by atoms with Crippen LogP contribution in [0.3, 0.4) is 0 Å². The molecule has 1 heterocycles. The van der Waals surface area contributed by atoms with E-state index in [1.807, 2.05) is 19.1 Å². The van der Waals surface area contributed by atoms with Crippen LogP contribution in [0.5, 0.6) is 0 Å². The molecule has 1 aromatic rings. The first kappa shape index (κ1) is 15.3. The third kappa shape index (κ3) is 3.93. The number of aliphatic carboxylic acids is 1. The number of carbonyl (C=O) groups excluding carboxylic acids is 1. The monoisotopic (exact) mass is 291 g/mol. The Kier molecular flexibility index (Phi) is 4.77. The molecule has 0 spiro atoms. The van der Waals surface area contributed by atoms with Crippen LogP contribution in [0.15, 0.2) is 24.5 Å². The van der Waals surface area contributed by atoms with E-state index in [0.717, 1.165) is 24.8 Å². The summed E-state index contributed by atoms with van der Waals surface area (Å²) in [5.74, 6) is -0.868. The van der Waals surface area contributed by atoms with Gasteiger partial charge in [0.2, 0.25) is 0 Å². The van der Waals surface area contributed by atoms with E-state index in [1.165, 1.54) is 0 Å². The normalized spacial score (nSPS) is 15.9. The zero-order valence-corrected chi connectivity index (χ0v) is 12.2. The standard InChI is InChI=1S/C15H21N3O3/c1-2-18(11-12-4-8-16-9-5-12)14(21)17-15(6-3-7-15)10-13(19)20/h4-5,8-9H,2-3,6-7,10-11H2,1H3,(H,17,21)(H,19,20). The summed E-state index contributed by atoms with van der Waals surface area (Å²) in [6.07, 6.45) is 5.81. The van der Waals surface area contributed by atoms with E-state index in [4.69, 9.17) is 5.11 Å². The minimum absolute atomic E-state index is 0.00838. The lowest BCUT2D eigenvalue weighted by molar-refractivity contribution is -0.139. The number of rotatable bonds is 6. The number of carbonyl (C=O) groups is 2. The Morgan fingerprint density at radius 1 is 1.38 bits per heavy atom. The Balaban J connectivity index is 1.98. The smallest absolute Gasteiger partial charge is 0.318 e. The Labute approximate surface area is 124 Å². The van der Waals surface area contributed by atoms with Crippen LogP contribution >= 0.6 is 0 Å². The molecule has 1 aromatic heterocycles. The van der Waals surface area contributed by atoms with Gasteiger partial charge in [0.05, 0.1) is 12.0 Å². The third-order valence-corrected chi connectivity index (χ3v) is 3.96. The molecule has 2 N–H and O–H groups in total. The maximum Gasteiger partial charge on any atom is 0.318 e. The lowest BCUT2D eigenvalue weighted by Crippen LogP contribution is -2.57. The lowest BCUT2D eigenvalue weighted by atomic mass is 9.74. The molecule has 0 atom stereocenters. The number of hydrogen-bond acceptors (Lipinski definition) is 3. The summed E-state index contributed by atoms with van der Waals surface area (Å²) in [5, 5.41) is 11.9. The molecule has 0 unspecified atom stereocenters. The molecule has 6 nitrogen and oxygen atoms in total. The fourth-order valence-electron chi connectivity index (χ4n) is 2.58. The molecule has 1 saturated carbocycles. The van der Waals surface area contributed by atoms with Gasteiger partial charge in [0.25, 0.3) is 0 Å². The fraction of sp³-hybridized carbons (Fsp3) is 0.533. The number of carboxylic acid groups (broad SMARTS) is 1. The second-order valence-electron chi connectivity index (χ2n) is 5.50. The van der Waals surface area contributed by atoms with E-state index in [2.05, 4.69) is 10.3 Å². The predicted octanol–water partition coefficient (Wildman–Crippen LogP) is 2.01. The van der Waals surface area contributed by atoms with E-state index >= 15 is 0 Å². The van der Waals surface area contributed by atoms with Crippen molar-refractivity contribution in [3.05, 3.63) is 30.1 Å². The van der Waals surface area contributed by atoms with Crippen LogP contribution in [0.4, 0.5) is 4.79 Å². The maximum atomic E-state index is 12.4. The van der Waals surface area contributed by atoms with Gasteiger partial charge in [0, 0.05) is 25.5 Å². The molecule has 2 rings (SSSR count). The first-order valence-corrected chi connectivity index (χ1v) is 7.22. The molecule has 0 radical (unpaired) electrons. The first-order valence-electron chi connectivity index (χ1n) is 7.22. The SMILES string of the molecule is CCN(Cc1ccncc1)C(=O)NC1(CC(=O)O)CCC1. The molecule has 1 fully saturated rings. The van der Waals surface area contributed by atoms with E-state index in [-0.39, 0.29) is 12.5 Å². The largest absolute Gasteiger partial charge is 0.481 e. The van der Waals surface area contributed by atoms with E-state index in [0.29, 0.717) is 13.1 Å². The van der Waals surface area contributed by atoms with Gasteiger partial charge in [0.1, 0.15) is 0 Å². The Bertz CT molecular complexity index is 500. The second-order valence-corrected chi connectivity index (χ2v) is 5.50. The molecule has 6 heteroatoms. The topological polar surface area (TPSA) is 82.5 Å². The highest BCUT2D eigenvalue weighted by Gasteiger charge is 2.41. The average Bonchev–Trinajstić information content (AvgIpc) is 2.42. The zero-order chi connectivity index (χ0) is 15.3. The predicted molar refractivity (Wildman–Crippen MR) is 77.7 cm³/mol. The van der Waals surface area contributed by atoms with Gasteiger partial charge < -0.3 is 15.3 Å². The average molecular weight is 291 g/mol. The molecular formula is C15H21N3O3. The van der Waals surface area contributed by atoms with Crippen LogP contribution in [0, 0.1) is 0 Å². The quantitative estimate of drug-likeness (QED) is 0.840. The second kappa shape index (κ2) is 6.56. The number of aromatic nitrogens is 1. The summed E-state index contributed by atoms with van der Waals surface area (Å²) < 4.78 is 0. The summed E-state index contributed by atoms with van der Waals surface area (Å²) in [4.78, 5) is 29.0. The lowest BCUT2D eigenvalue weighted by Gasteiger charge is -2.42. The molecule has 114 valence electrons. The Hall–Kier alpha value is -2.11. The highest BCUT2D eigenvalue weighted by atomic mass is 16.4. The van der Waals surface area contributed by atoms with Crippen LogP contribution in [0.25, 0.3) is 0 Å². The van der Waals surface area contributed by atoms with Crippen molar-refractivity contribution in [2.24, 2.45) is 0 Å². The number of pyridine rings is 1. The summed E-state index contributed by atoms with van der Waals surface area (Å²) in [6.45, 7) is 2.97. The minimum Gasteiger partial charge on any atom is -0.481 e. The van der Waals surface area contributed by atoms with Crippen LogP contribution in [-0.4, -0.2) is 39.1 Å². The molecule has 0 aliphatic heterocycles. The van der Waals surface area contributed by atoms with Gasteiger partial charge in [-0.2, -0.15) is 0 Å². The fourth-order valence-corrected chi connectivity index (χ4v) is 2.58. The van der Waals surface area contributed by atoms with Crippen LogP contribution in [0.2, 0.25) is 0 Å². The molecule has 0 saturated heterocycles. The maximum absolute atomic E-state index is 12.4. The zero-order valence-electron chi connectivity index (χ0n) is 12.2. The first-order chi connectivity index (χ1) is 10.0. The summed E-state index contributed by atoms with van der Waals surface area (Å²) >= 11 is 0. The van der Waals surface area contributed by atoms with Crippen molar-refractivity contribution in [1.82, 2.24) is 15.2 Å². The number of nitrogens with one attached hydrogen (secondary N) is 1. The van der Waals surface area contributed by atoms with Crippen molar-refractivity contribution in [2.75, 3.05) is 6.54 Å². The van der Waals surface area contributed by atoms with Crippen molar-refractivity contribution in [2.45, 2.75) is 44.7 Å². The van der Waals surface area contributed by atoms with E-state index in [1.54, 1.807) is 17.3 Å². The molecule has 0 aromatic carbocycles. The Morgan fingerprint density at radius 3 is 2.52 bits per heavy atom. The van der Waals surface area contributed by atoms with Gasteiger partial charge in [-0.05, 0) is 43.9 Å². The molecule has 2 amide bonds. The van der Waals surface area contributed by atoms with E-state index < -0.39 is 11.5 Å². The number of urea groups is 1. The van der Waals surface area contributed by atoms with Gasteiger partial charge >= 0.3 is 12.0 Å². The number of nitrogens with zero attached hydrogens (tertiary/aromatic N) is 2. The molecule has 21 heavy (non-hydrogen) atoms. The van der Waals surface area contributed by atoms with Gasteiger partial charge in [-0.1, -0.05) is 0 Å². The van der Waals surface area contributed by atoms with Crippen LogP contribution < -0.4 is 5.32 Å².